The highest BCUT2D eigenvalue weighted by Crippen LogP contribution is 2.34. The third-order valence-corrected chi connectivity index (χ3v) is 3.53. The first-order valence-corrected chi connectivity index (χ1v) is 7.11. The summed E-state index contributed by atoms with van der Waals surface area (Å²) in [7, 11) is 0. The van der Waals surface area contributed by atoms with Gasteiger partial charge in [0.1, 0.15) is 5.75 Å². The Balaban J connectivity index is 2.40. The zero-order chi connectivity index (χ0) is 14.7. The molecular formula is C14H11BrClNO3. The van der Waals surface area contributed by atoms with Crippen molar-refractivity contribution < 1.29 is 9.66 Å². The molecule has 0 unspecified atom stereocenters. The largest absolute Gasteiger partial charge is 0.450 e. The van der Waals surface area contributed by atoms with Crippen LogP contribution in [-0.2, 0) is 5.88 Å². The predicted molar refractivity (Wildman–Crippen MR) is 81.6 cm³/mol. The van der Waals surface area contributed by atoms with Crippen LogP contribution in [0.2, 0.25) is 0 Å². The zero-order valence-corrected chi connectivity index (χ0v) is 12.9. The van der Waals surface area contributed by atoms with Gasteiger partial charge in [0.05, 0.1) is 4.92 Å². The number of nitrogens with zero attached hydrogens (tertiary/aromatic N) is 1. The number of hydrogen-bond donors (Lipinski definition) is 0. The van der Waals surface area contributed by atoms with Gasteiger partial charge in [-0.1, -0.05) is 22.0 Å². The molecule has 2 rings (SSSR count). The summed E-state index contributed by atoms with van der Waals surface area (Å²) < 4.78 is 6.58. The van der Waals surface area contributed by atoms with Crippen LogP contribution in [0.1, 0.15) is 11.1 Å². The Morgan fingerprint density at radius 3 is 2.55 bits per heavy atom. The highest BCUT2D eigenvalue weighted by molar-refractivity contribution is 9.10. The fourth-order valence-corrected chi connectivity index (χ4v) is 2.36. The second-order valence-corrected chi connectivity index (χ2v) is 5.39. The van der Waals surface area contributed by atoms with Crippen LogP contribution in [0.15, 0.2) is 40.9 Å². The van der Waals surface area contributed by atoms with Crippen molar-refractivity contribution in [3.05, 3.63) is 62.1 Å². The average molecular weight is 357 g/mol. The lowest BCUT2D eigenvalue weighted by Crippen LogP contribution is -1.95. The lowest BCUT2D eigenvalue weighted by Gasteiger charge is -2.10. The number of rotatable bonds is 4. The molecule has 0 saturated carbocycles. The third kappa shape index (κ3) is 3.29. The normalized spacial score (nSPS) is 10.3. The van der Waals surface area contributed by atoms with E-state index in [0.29, 0.717) is 11.3 Å². The smallest absolute Gasteiger partial charge is 0.311 e. The van der Waals surface area contributed by atoms with Gasteiger partial charge < -0.3 is 4.74 Å². The topological polar surface area (TPSA) is 52.4 Å². The van der Waals surface area contributed by atoms with E-state index in [9.17, 15) is 10.1 Å². The first-order valence-electron chi connectivity index (χ1n) is 5.78. The van der Waals surface area contributed by atoms with Gasteiger partial charge in [0.25, 0.3) is 0 Å². The van der Waals surface area contributed by atoms with Crippen LogP contribution in [-0.4, -0.2) is 4.92 Å². The Kier molecular flexibility index (Phi) is 4.62. The monoisotopic (exact) mass is 355 g/mol. The van der Waals surface area contributed by atoms with Crippen molar-refractivity contribution in [3.8, 4) is 11.5 Å². The Morgan fingerprint density at radius 1 is 1.25 bits per heavy atom. The summed E-state index contributed by atoms with van der Waals surface area (Å²) in [5.74, 6) is 1.00. The van der Waals surface area contributed by atoms with Crippen molar-refractivity contribution >= 4 is 33.2 Å². The summed E-state index contributed by atoms with van der Waals surface area (Å²) in [6.45, 7) is 1.87. The molecular weight excluding hydrogens is 346 g/mol. The molecule has 0 saturated heterocycles. The Hall–Kier alpha value is -1.59. The van der Waals surface area contributed by atoms with Gasteiger partial charge in [-0.05, 0) is 42.3 Å². The van der Waals surface area contributed by atoms with E-state index in [1.54, 1.807) is 18.2 Å². The first kappa shape index (κ1) is 14.8. The molecule has 0 amide bonds. The summed E-state index contributed by atoms with van der Waals surface area (Å²) in [5.41, 5.74) is 1.47. The minimum absolute atomic E-state index is 0.0922. The molecule has 4 nitrogen and oxygen atoms in total. The minimum atomic E-state index is -0.473. The van der Waals surface area contributed by atoms with E-state index in [1.807, 2.05) is 19.1 Å². The van der Waals surface area contributed by atoms with Crippen LogP contribution < -0.4 is 4.74 Å². The molecule has 2 aromatic rings. The Morgan fingerprint density at radius 2 is 1.95 bits per heavy atom. The molecule has 2 aromatic carbocycles. The van der Waals surface area contributed by atoms with Crippen LogP contribution in [0.5, 0.6) is 11.5 Å². The number of ether oxygens (including phenoxy) is 1. The summed E-state index contributed by atoms with van der Waals surface area (Å²) >= 11 is 9.05. The fraction of sp³-hybridized carbons (Fsp3) is 0.143. The molecule has 0 bridgehead atoms. The van der Waals surface area contributed by atoms with E-state index in [-0.39, 0.29) is 17.3 Å². The van der Waals surface area contributed by atoms with Gasteiger partial charge >= 0.3 is 5.69 Å². The second-order valence-electron chi connectivity index (χ2n) is 4.20. The Bertz CT molecular complexity index is 661. The van der Waals surface area contributed by atoms with Crippen molar-refractivity contribution in [1.29, 1.82) is 0 Å². The van der Waals surface area contributed by atoms with Crippen molar-refractivity contribution in [3.63, 3.8) is 0 Å². The zero-order valence-electron chi connectivity index (χ0n) is 10.6. The number of nitro groups is 1. The number of benzene rings is 2. The summed E-state index contributed by atoms with van der Waals surface area (Å²) in [6, 6.07) is 10.2. The highest BCUT2D eigenvalue weighted by Gasteiger charge is 2.17. The molecule has 6 heteroatoms. The van der Waals surface area contributed by atoms with Gasteiger partial charge in [-0.2, -0.15) is 0 Å². The van der Waals surface area contributed by atoms with E-state index in [1.165, 1.54) is 6.07 Å². The SMILES string of the molecule is Cc1cc(Br)ccc1Oc1ccc(CCl)cc1[N+](=O)[O-]. The maximum atomic E-state index is 11.1. The summed E-state index contributed by atoms with van der Waals surface area (Å²) in [6.07, 6.45) is 0. The van der Waals surface area contributed by atoms with Crippen LogP contribution in [0.3, 0.4) is 0 Å². The molecule has 0 aliphatic rings. The number of hydrogen-bond acceptors (Lipinski definition) is 3. The van der Waals surface area contributed by atoms with Crippen LogP contribution in [0.25, 0.3) is 0 Å². The highest BCUT2D eigenvalue weighted by atomic mass is 79.9. The van der Waals surface area contributed by atoms with Gasteiger partial charge in [-0.15, -0.1) is 11.6 Å². The molecule has 0 fully saturated rings. The third-order valence-electron chi connectivity index (χ3n) is 2.73. The number of aryl methyl sites for hydroxylation is 1. The molecule has 0 spiro atoms. The molecule has 104 valence electrons. The van der Waals surface area contributed by atoms with Gasteiger partial charge in [0.2, 0.25) is 5.75 Å². The molecule has 0 aliphatic carbocycles. The Labute approximate surface area is 129 Å². The molecule has 0 heterocycles. The van der Waals surface area contributed by atoms with Crippen molar-refractivity contribution in [2.24, 2.45) is 0 Å². The standard InChI is InChI=1S/C14H11BrClNO3/c1-9-6-11(15)3-5-13(9)20-14-4-2-10(8-16)7-12(14)17(18)19/h2-7H,8H2,1H3. The first-order chi connectivity index (χ1) is 9.51. The second kappa shape index (κ2) is 6.24. The molecule has 0 aliphatic heterocycles. The van der Waals surface area contributed by atoms with Crippen LogP contribution in [0, 0.1) is 17.0 Å². The number of alkyl halides is 1. The lowest BCUT2D eigenvalue weighted by molar-refractivity contribution is -0.385. The van der Waals surface area contributed by atoms with Gasteiger partial charge in [-0.3, -0.25) is 10.1 Å². The number of nitro benzene ring substituents is 1. The van der Waals surface area contributed by atoms with E-state index >= 15 is 0 Å². The molecule has 0 radical (unpaired) electrons. The van der Waals surface area contributed by atoms with Crippen LogP contribution >= 0.6 is 27.5 Å². The molecule has 0 atom stereocenters. The average Bonchev–Trinajstić information content (AvgIpc) is 2.42. The number of halogens is 2. The maximum absolute atomic E-state index is 11.1. The van der Waals surface area contributed by atoms with Gasteiger partial charge in [-0.25, -0.2) is 0 Å². The van der Waals surface area contributed by atoms with E-state index in [4.69, 9.17) is 16.3 Å². The van der Waals surface area contributed by atoms with Crippen molar-refractivity contribution in [1.82, 2.24) is 0 Å². The fourth-order valence-electron chi connectivity index (χ4n) is 1.72. The van der Waals surface area contributed by atoms with E-state index in [0.717, 1.165) is 10.0 Å². The van der Waals surface area contributed by atoms with Crippen LogP contribution in [0.4, 0.5) is 5.69 Å². The summed E-state index contributed by atoms with van der Waals surface area (Å²) in [4.78, 5) is 10.6. The maximum Gasteiger partial charge on any atom is 0.311 e. The minimum Gasteiger partial charge on any atom is -0.450 e. The van der Waals surface area contributed by atoms with E-state index < -0.39 is 4.92 Å². The predicted octanol–water partition coefficient (Wildman–Crippen LogP) is 5.20. The van der Waals surface area contributed by atoms with Gasteiger partial charge in [0.15, 0.2) is 0 Å². The van der Waals surface area contributed by atoms with Gasteiger partial charge in [0, 0.05) is 16.4 Å². The summed E-state index contributed by atoms with van der Waals surface area (Å²) in [5, 5.41) is 11.1. The quantitative estimate of drug-likeness (QED) is 0.430. The van der Waals surface area contributed by atoms with Crippen molar-refractivity contribution in [2.45, 2.75) is 12.8 Å². The van der Waals surface area contributed by atoms with Crippen molar-refractivity contribution in [2.75, 3.05) is 0 Å². The lowest BCUT2D eigenvalue weighted by atomic mass is 10.2. The molecule has 0 aromatic heterocycles. The molecule has 20 heavy (non-hydrogen) atoms. The van der Waals surface area contributed by atoms with E-state index in [2.05, 4.69) is 15.9 Å². The molecule has 0 N–H and O–H groups in total.